The number of carbonyl (C=O) groups is 3. The van der Waals surface area contributed by atoms with E-state index in [0.29, 0.717) is 18.1 Å². The van der Waals surface area contributed by atoms with Crippen LogP contribution >= 0.6 is 11.6 Å². The molecule has 28 heavy (non-hydrogen) atoms. The molecule has 3 rings (SSSR count). The molecule has 0 radical (unpaired) electrons. The molecule has 0 aliphatic carbocycles. The summed E-state index contributed by atoms with van der Waals surface area (Å²) in [6.45, 7) is 0.945. The van der Waals surface area contributed by atoms with Gasteiger partial charge in [-0.25, -0.2) is 0 Å². The zero-order valence-corrected chi connectivity index (χ0v) is 16.1. The lowest BCUT2D eigenvalue weighted by molar-refractivity contribution is -0.131. The smallest absolute Gasteiger partial charge is 0.243 e. The van der Waals surface area contributed by atoms with Crippen LogP contribution < -0.4 is 10.9 Å². The van der Waals surface area contributed by atoms with Crippen molar-refractivity contribution in [3.05, 3.63) is 70.7 Å². The second-order valence-electron chi connectivity index (χ2n) is 6.82. The molecule has 1 heterocycles. The third-order valence-corrected chi connectivity index (χ3v) is 4.95. The second-order valence-corrected chi connectivity index (χ2v) is 7.25. The summed E-state index contributed by atoms with van der Waals surface area (Å²) in [7, 11) is 0. The maximum atomic E-state index is 12.3. The van der Waals surface area contributed by atoms with E-state index >= 15 is 0 Å². The monoisotopic (exact) mass is 399 g/mol. The predicted octanol–water partition coefficient (Wildman–Crippen LogP) is 2.12. The van der Waals surface area contributed by atoms with E-state index in [0.717, 1.165) is 17.5 Å². The largest absolute Gasteiger partial charge is 0.342 e. The number of rotatable bonds is 6. The molecule has 0 spiro atoms. The van der Waals surface area contributed by atoms with Crippen LogP contribution in [0.3, 0.4) is 0 Å². The highest BCUT2D eigenvalue weighted by atomic mass is 35.5. The van der Waals surface area contributed by atoms with Crippen molar-refractivity contribution in [3.63, 3.8) is 0 Å². The molecule has 0 aromatic heterocycles. The van der Waals surface area contributed by atoms with Crippen molar-refractivity contribution in [1.82, 2.24) is 15.8 Å². The Kier molecular flexibility index (Phi) is 6.66. The number of nitrogens with one attached hydrogen (secondary N) is 2. The lowest BCUT2D eigenvalue weighted by Gasteiger charge is -2.16. The number of hydrazine groups is 1. The van der Waals surface area contributed by atoms with E-state index in [2.05, 4.69) is 10.9 Å². The standard InChI is InChI=1S/C21H22ClN3O3/c22-18-8-6-16(7-9-18)12-19(26)23-24-21(28)17-13-20(27)25(14-17)11-10-15-4-2-1-3-5-15/h1-9,17H,10-14H2,(H,23,26)(H,24,28). The van der Waals surface area contributed by atoms with E-state index < -0.39 is 5.92 Å². The molecule has 1 aliphatic heterocycles. The van der Waals surface area contributed by atoms with Crippen LogP contribution in [0.4, 0.5) is 0 Å². The Hall–Kier alpha value is -2.86. The quantitative estimate of drug-likeness (QED) is 0.730. The maximum Gasteiger partial charge on any atom is 0.243 e. The number of hydrogen-bond donors (Lipinski definition) is 2. The van der Waals surface area contributed by atoms with Gasteiger partial charge >= 0.3 is 0 Å². The highest BCUT2D eigenvalue weighted by molar-refractivity contribution is 6.30. The van der Waals surface area contributed by atoms with Crippen molar-refractivity contribution in [2.24, 2.45) is 5.92 Å². The van der Waals surface area contributed by atoms with Gasteiger partial charge in [0, 0.05) is 24.5 Å². The molecule has 7 heteroatoms. The Morgan fingerprint density at radius 3 is 2.43 bits per heavy atom. The van der Waals surface area contributed by atoms with E-state index in [1.165, 1.54) is 0 Å². The molecule has 2 N–H and O–H groups in total. The number of amides is 3. The van der Waals surface area contributed by atoms with Crippen molar-refractivity contribution >= 4 is 29.3 Å². The van der Waals surface area contributed by atoms with E-state index in [1.54, 1.807) is 29.2 Å². The third-order valence-electron chi connectivity index (χ3n) is 4.70. The van der Waals surface area contributed by atoms with Crippen molar-refractivity contribution in [2.75, 3.05) is 13.1 Å². The van der Waals surface area contributed by atoms with Crippen LogP contribution in [-0.2, 0) is 27.2 Å². The van der Waals surface area contributed by atoms with Crippen LogP contribution in [0, 0.1) is 5.92 Å². The molecule has 2 aromatic rings. The highest BCUT2D eigenvalue weighted by Crippen LogP contribution is 2.18. The molecule has 1 saturated heterocycles. The van der Waals surface area contributed by atoms with E-state index in [9.17, 15) is 14.4 Å². The van der Waals surface area contributed by atoms with Gasteiger partial charge in [0.15, 0.2) is 0 Å². The average molecular weight is 400 g/mol. The Labute approximate surface area is 168 Å². The summed E-state index contributed by atoms with van der Waals surface area (Å²) in [5, 5.41) is 0.597. The molecule has 3 amide bonds. The molecule has 0 saturated carbocycles. The number of carbonyl (C=O) groups excluding carboxylic acids is 3. The normalized spacial score (nSPS) is 16.1. The number of likely N-dealkylation sites (tertiary alicyclic amines) is 1. The highest BCUT2D eigenvalue weighted by Gasteiger charge is 2.34. The van der Waals surface area contributed by atoms with Gasteiger partial charge in [-0.05, 0) is 29.7 Å². The van der Waals surface area contributed by atoms with Crippen molar-refractivity contribution in [1.29, 1.82) is 0 Å². The fourth-order valence-corrected chi connectivity index (χ4v) is 3.26. The molecule has 6 nitrogen and oxygen atoms in total. The number of nitrogens with zero attached hydrogens (tertiary/aromatic N) is 1. The molecule has 2 aromatic carbocycles. The lowest BCUT2D eigenvalue weighted by atomic mass is 10.1. The van der Waals surface area contributed by atoms with Gasteiger partial charge in [0.05, 0.1) is 12.3 Å². The Balaban J connectivity index is 1.42. The first-order chi connectivity index (χ1) is 13.5. The minimum atomic E-state index is -0.459. The second kappa shape index (κ2) is 9.37. The summed E-state index contributed by atoms with van der Waals surface area (Å²) < 4.78 is 0. The van der Waals surface area contributed by atoms with Crippen molar-refractivity contribution < 1.29 is 14.4 Å². The predicted molar refractivity (Wildman–Crippen MR) is 106 cm³/mol. The number of benzene rings is 2. The number of hydrogen-bond acceptors (Lipinski definition) is 3. The SMILES string of the molecule is O=C(Cc1ccc(Cl)cc1)NNC(=O)C1CC(=O)N(CCc2ccccc2)C1. The van der Waals surface area contributed by atoms with Crippen molar-refractivity contribution in [2.45, 2.75) is 19.3 Å². The van der Waals surface area contributed by atoms with E-state index in [4.69, 9.17) is 11.6 Å². The van der Waals surface area contributed by atoms with Crippen LogP contribution in [0.15, 0.2) is 54.6 Å². The fourth-order valence-electron chi connectivity index (χ4n) is 3.14. The van der Waals surface area contributed by atoms with Crippen LogP contribution in [0.2, 0.25) is 5.02 Å². The molecule has 1 unspecified atom stereocenters. The molecule has 1 aliphatic rings. The Bertz CT molecular complexity index is 840. The van der Waals surface area contributed by atoms with Gasteiger partial charge in [-0.1, -0.05) is 54.1 Å². The molecule has 146 valence electrons. The third kappa shape index (κ3) is 5.57. The summed E-state index contributed by atoms with van der Waals surface area (Å²) in [5.41, 5.74) is 6.78. The molecule has 1 atom stereocenters. The van der Waals surface area contributed by atoms with Gasteiger partial charge in [0.25, 0.3) is 0 Å². The lowest BCUT2D eigenvalue weighted by Crippen LogP contribution is -2.45. The van der Waals surface area contributed by atoms with Crippen LogP contribution in [0.5, 0.6) is 0 Å². The Morgan fingerprint density at radius 1 is 1.00 bits per heavy atom. The first-order valence-corrected chi connectivity index (χ1v) is 9.54. The molecule has 1 fully saturated rings. The van der Waals surface area contributed by atoms with Gasteiger partial charge in [-0.3, -0.25) is 25.2 Å². The minimum absolute atomic E-state index is 0.0384. The first kappa shape index (κ1) is 19.9. The van der Waals surface area contributed by atoms with E-state index in [-0.39, 0.29) is 30.6 Å². The summed E-state index contributed by atoms with van der Waals surface area (Å²) in [6, 6.07) is 16.8. The van der Waals surface area contributed by atoms with Crippen LogP contribution in [-0.4, -0.2) is 35.7 Å². The van der Waals surface area contributed by atoms with Gasteiger partial charge in [0.2, 0.25) is 17.7 Å². The topological polar surface area (TPSA) is 78.5 Å². The van der Waals surface area contributed by atoms with Crippen LogP contribution in [0.1, 0.15) is 17.5 Å². The Morgan fingerprint density at radius 2 is 1.71 bits per heavy atom. The molecular weight excluding hydrogens is 378 g/mol. The average Bonchev–Trinajstić information content (AvgIpc) is 3.08. The minimum Gasteiger partial charge on any atom is -0.342 e. The molecule has 0 bridgehead atoms. The van der Waals surface area contributed by atoms with Crippen molar-refractivity contribution in [3.8, 4) is 0 Å². The summed E-state index contributed by atoms with van der Waals surface area (Å²) >= 11 is 5.82. The summed E-state index contributed by atoms with van der Waals surface area (Å²) in [6.07, 6.45) is 1.04. The van der Waals surface area contributed by atoms with Gasteiger partial charge < -0.3 is 4.90 Å². The van der Waals surface area contributed by atoms with E-state index in [1.807, 2.05) is 30.3 Å². The maximum absolute atomic E-state index is 12.3. The first-order valence-electron chi connectivity index (χ1n) is 9.16. The van der Waals surface area contributed by atoms with Gasteiger partial charge in [-0.2, -0.15) is 0 Å². The number of halogens is 1. The van der Waals surface area contributed by atoms with Crippen LogP contribution in [0.25, 0.3) is 0 Å². The fraction of sp³-hybridized carbons (Fsp3) is 0.286. The molecular formula is C21H22ClN3O3. The zero-order chi connectivity index (χ0) is 19.9. The van der Waals surface area contributed by atoms with Gasteiger partial charge in [0.1, 0.15) is 0 Å². The zero-order valence-electron chi connectivity index (χ0n) is 15.4. The van der Waals surface area contributed by atoms with Gasteiger partial charge in [-0.15, -0.1) is 0 Å². The summed E-state index contributed by atoms with van der Waals surface area (Å²) in [4.78, 5) is 38.1. The summed E-state index contributed by atoms with van der Waals surface area (Å²) in [5.74, 6) is -1.18.